The smallest absolute Gasteiger partial charge is 0.324 e. The van der Waals surface area contributed by atoms with E-state index >= 15 is 0 Å². The third kappa shape index (κ3) is 3.01. The second-order valence-electron chi connectivity index (χ2n) is 5.71. The molecule has 2 N–H and O–H groups in total. The average Bonchev–Trinajstić information content (AvgIpc) is 3.00. The number of fused-ring (bicyclic) bond motifs is 1. The zero-order chi connectivity index (χ0) is 15.9. The van der Waals surface area contributed by atoms with Crippen molar-refractivity contribution >= 4 is 23.3 Å². The molecule has 22 heavy (non-hydrogen) atoms. The molecule has 2 saturated heterocycles. The highest BCUT2D eigenvalue weighted by Crippen LogP contribution is 2.36. The van der Waals surface area contributed by atoms with E-state index in [0.29, 0.717) is 24.9 Å². The van der Waals surface area contributed by atoms with Crippen LogP contribution in [0, 0.1) is 11.8 Å². The number of urea groups is 1. The highest BCUT2D eigenvalue weighted by Gasteiger charge is 2.38. The van der Waals surface area contributed by atoms with Gasteiger partial charge >= 0.3 is 12.2 Å². The summed E-state index contributed by atoms with van der Waals surface area (Å²) >= 11 is 5.56. The van der Waals surface area contributed by atoms with E-state index in [0.717, 1.165) is 25.2 Å². The number of rotatable bonds is 1. The van der Waals surface area contributed by atoms with Gasteiger partial charge in [0.25, 0.3) is 0 Å². The summed E-state index contributed by atoms with van der Waals surface area (Å²) in [6.07, 6.45) is -4.55. The van der Waals surface area contributed by atoms with Gasteiger partial charge in [-0.2, -0.15) is 13.2 Å². The van der Waals surface area contributed by atoms with Gasteiger partial charge in [0, 0.05) is 31.9 Å². The first kappa shape index (κ1) is 15.4. The van der Waals surface area contributed by atoms with Crippen molar-refractivity contribution in [3.05, 3.63) is 28.8 Å². The number of halogens is 4. The standard InChI is InChI=1S/C14H15ClF3N3O/c15-12-2-1-10(3-11(12)14(16,17)18)20-13(22)21-6-8-4-19-5-9(8)7-21/h1-3,8-9,19H,4-7H2,(H,20,22). The highest BCUT2D eigenvalue weighted by molar-refractivity contribution is 6.31. The fourth-order valence-electron chi connectivity index (χ4n) is 3.04. The minimum absolute atomic E-state index is 0.0944. The molecule has 2 aliphatic rings. The van der Waals surface area contributed by atoms with Crippen LogP contribution in [0.4, 0.5) is 23.7 Å². The van der Waals surface area contributed by atoms with E-state index in [4.69, 9.17) is 11.6 Å². The molecule has 2 aliphatic heterocycles. The van der Waals surface area contributed by atoms with Gasteiger partial charge in [0.15, 0.2) is 0 Å². The number of benzene rings is 1. The first-order valence-electron chi connectivity index (χ1n) is 6.98. The summed E-state index contributed by atoms with van der Waals surface area (Å²) in [4.78, 5) is 13.8. The molecular formula is C14H15ClF3N3O. The van der Waals surface area contributed by atoms with Crippen molar-refractivity contribution in [1.29, 1.82) is 0 Å². The number of hydrogen-bond acceptors (Lipinski definition) is 2. The van der Waals surface area contributed by atoms with Gasteiger partial charge in [0.1, 0.15) is 0 Å². The van der Waals surface area contributed by atoms with E-state index in [1.165, 1.54) is 6.07 Å². The Morgan fingerprint density at radius 1 is 1.27 bits per heavy atom. The minimum atomic E-state index is -4.55. The van der Waals surface area contributed by atoms with Crippen LogP contribution in [0.3, 0.4) is 0 Å². The number of nitrogens with zero attached hydrogens (tertiary/aromatic N) is 1. The molecule has 8 heteroatoms. The summed E-state index contributed by atoms with van der Waals surface area (Å²) in [6.45, 7) is 3.02. The van der Waals surface area contributed by atoms with Crippen molar-refractivity contribution in [3.63, 3.8) is 0 Å². The zero-order valence-electron chi connectivity index (χ0n) is 11.6. The molecule has 120 valence electrons. The summed E-state index contributed by atoms with van der Waals surface area (Å²) in [6, 6.07) is 3.00. The Balaban J connectivity index is 1.69. The van der Waals surface area contributed by atoms with Gasteiger partial charge in [0.2, 0.25) is 0 Å². The van der Waals surface area contributed by atoms with Crippen LogP contribution in [0.1, 0.15) is 5.56 Å². The van der Waals surface area contributed by atoms with Crippen LogP contribution < -0.4 is 10.6 Å². The van der Waals surface area contributed by atoms with E-state index in [9.17, 15) is 18.0 Å². The van der Waals surface area contributed by atoms with Crippen LogP contribution in [0.25, 0.3) is 0 Å². The van der Waals surface area contributed by atoms with Crippen LogP contribution in [0.5, 0.6) is 0 Å². The quantitative estimate of drug-likeness (QED) is 0.829. The molecule has 4 nitrogen and oxygen atoms in total. The number of nitrogens with one attached hydrogen (secondary N) is 2. The summed E-state index contributed by atoms with van der Waals surface area (Å²) in [5.41, 5.74) is -0.855. The second kappa shape index (κ2) is 5.62. The van der Waals surface area contributed by atoms with Gasteiger partial charge in [-0.25, -0.2) is 4.79 Å². The molecule has 0 radical (unpaired) electrons. The Morgan fingerprint density at radius 3 is 2.50 bits per heavy atom. The highest BCUT2D eigenvalue weighted by atomic mass is 35.5. The molecule has 2 unspecified atom stereocenters. The van der Waals surface area contributed by atoms with E-state index in [-0.39, 0.29) is 16.7 Å². The normalized spacial score (nSPS) is 24.5. The third-order valence-electron chi connectivity index (χ3n) is 4.20. The molecule has 1 aromatic carbocycles. The Kier molecular flexibility index (Phi) is 3.94. The molecule has 0 aliphatic carbocycles. The lowest BCUT2D eigenvalue weighted by molar-refractivity contribution is -0.137. The molecule has 0 spiro atoms. The molecule has 2 atom stereocenters. The number of likely N-dealkylation sites (tertiary alicyclic amines) is 1. The minimum Gasteiger partial charge on any atom is -0.324 e. The maximum atomic E-state index is 12.8. The first-order chi connectivity index (χ1) is 10.3. The first-order valence-corrected chi connectivity index (χ1v) is 7.36. The topological polar surface area (TPSA) is 44.4 Å². The van der Waals surface area contributed by atoms with Crippen LogP contribution in [0.15, 0.2) is 18.2 Å². The van der Waals surface area contributed by atoms with Crippen LogP contribution in [-0.4, -0.2) is 37.1 Å². The Morgan fingerprint density at radius 2 is 1.91 bits per heavy atom. The second-order valence-corrected chi connectivity index (χ2v) is 6.11. The number of anilines is 1. The van der Waals surface area contributed by atoms with E-state index in [2.05, 4.69) is 10.6 Å². The maximum absolute atomic E-state index is 12.8. The van der Waals surface area contributed by atoms with Crippen LogP contribution >= 0.6 is 11.6 Å². The van der Waals surface area contributed by atoms with Crippen molar-refractivity contribution in [2.75, 3.05) is 31.5 Å². The Labute approximate surface area is 130 Å². The number of amides is 2. The van der Waals surface area contributed by atoms with Crippen molar-refractivity contribution in [2.45, 2.75) is 6.18 Å². The molecule has 1 aromatic rings. The van der Waals surface area contributed by atoms with E-state index < -0.39 is 11.7 Å². The van der Waals surface area contributed by atoms with Gasteiger partial charge in [-0.1, -0.05) is 11.6 Å². The van der Waals surface area contributed by atoms with Crippen LogP contribution in [0.2, 0.25) is 5.02 Å². The maximum Gasteiger partial charge on any atom is 0.417 e. The number of carbonyl (C=O) groups excluding carboxylic acids is 1. The summed E-state index contributed by atoms with van der Waals surface area (Å²) < 4.78 is 38.4. The zero-order valence-corrected chi connectivity index (χ0v) is 12.3. The Hall–Kier alpha value is -1.47. The third-order valence-corrected chi connectivity index (χ3v) is 4.53. The lowest BCUT2D eigenvalue weighted by Gasteiger charge is -2.19. The van der Waals surface area contributed by atoms with Crippen LogP contribution in [-0.2, 0) is 6.18 Å². The lowest BCUT2D eigenvalue weighted by Crippen LogP contribution is -2.35. The molecule has 0 bridgehead atoms. The Bertz CT molecular complexity index is 581. The van der Waals surface area contributed by atoms with E-state index in [1.807, 2.05) is 0 Å². The number of carbonyl (C=O) groups is 1. The predicted octanol–water partition coefficient (Wildman–Crippen LogP) is 3.04. The van der Waals surface area contributed by atoms with Gasteiger partial charge in [-0.15, -0.1) is 0 Å². The van der Waals surface area contributed by atoms with Gasteiger partial charge in [-0.3, -0.25) is 0 Å². The lowest BCUT2D eigenvalue weighted by atomic mass is 10.0. The number of alkyl halides is 3. The van der Waals surface area contributed by atoms with Gasteiger partial charge in [-0.05, 0) is 30.0 Å². The largest absolute Gasteiger partial charge is 0.417 e. The molecule has 0 aromatic heterocycles. The van der Waals surface area contributed by atoms with Crippen molar-refractivity contribution in [3.8, 4) is 0 Å². The van der Waals surface area contributed by atoms with Crippen molar-refractivity contribution in [2.24, 2.45) is 11.8 Å². The van der Waals surface area contributed by atoms with E-state index in [1.54, 1.807) is 4.90 Å². The summed E-state index contributed by atoms with van der Waals surface area (Å²) in [5.74, 6) is 0.864. The molecule has 3 rings (SSSR count). The predicted molar refractivity (Wildman–Crippen MR) is 76.9 cm³/mol. The average molecular weight is 334 g/mol. The van der Waals surface area contributed by atoms with Crippen molar-refractivity contribution < 1.29 is 18.0 Å². The molecule has 2 amide bonds. The molecule has 2 heterocycles. The number of hydrogen-bond donors (Lipinski definition) is 2. The fraction of sp³-hybridized carbons (Fsp3) is 0.500. The monoisotopic (exact) mass is 333 g/mol. The molecule has 0 saturated carbocycles. The summed E-state index contributed by atoms with van der Waals surface area (Å²) in [5, 5.41) is 5.40. The summed E-state index contributed by atoms with van der Waals surface area (Å²) in [7, 11) is 0. The van der Waals surface area contributed by atoms with Gasteiger partial charge < -0.3 is 15.5 Å². The SMILES string of the molecule is O=C(Nc1ccc(Cl)c(C(F)(F)F)c1)N1CC2CNCC2C1. The molecular weight excluding hydrogens is 319 g/mol. The van der Waals surface area contributed by atoms with Gasteiger partial charge in [0.05, 0.1) is 10.6 Å². The molecule has 2 fully saturated rings. The van der Waals surface area contributed by atoms with Crippen molar-refractivity contribution in [1.82, 2.24) is 10.2 Å². The fourth-order valence-corrected chi connectivity index (χ4v) is 3.27.